The first-order valence-electron chi connectivity index (χ1n) is 12.0. The van der Waals surface area contributed by atoms with Crippen molar-refractivity contribution in [3.05, 3.63) is 65.4 Å². The quantitative estimate of drug-likeness (QED) is 0.403. The number of nitrogens with zero attached hydrogens (tertiary/aromatic N) is 1. The molecule has 1 N–H and O–H groups in total. The summed E-state index contributed by atoms with van der Waals surface area (Å²) < 4.78 is 18.2. The van der Waals surface area contributed by atoms with Crippen molar-refractivity contribution in [1.82, 2.24) is 4.98 Å². The highest BCUT2D eigenvalue weighted by molar-refractivity contribution is 6.10. The summed E-state index contributed by atoms with van der Waals surface area (Å²) >= 11 is 0. The lowest BCUT2D eigenvalue weighted by atomic mass is 9.84. The second kappa shape index (κ2) is 7.95. The molecule has 0 spiro atoms. The Bertz CT molecular complexity index is 1490. The molecule has 178 valence electrons. The minimum absolute atomic E-state index is 0.508. The first kappa shape index (κ1) is 21.9. The fourth-order valence-corrected chi connectivity index (χ4v) is 5.42. The van der Waals surface area contributed by atoms with Gasteiger partial charge in [-0.2, -0.15) is 0 Å². The summed E-state index contributed by atoms with van der Waals surface area (Å²) in [5.74, 6) is 0.542. The molecule has 1 atom stereocenters. The zero-order valence-electron chi connectivity index (χ0n) is 20.1. The summed E-state index contributed by atoms with van der Waals surface area (Å²) in [6, 6.07) is 14.0. The number of benzene rings is 3. The molecule has 6 rings (SSSR count). The largest absolute Gasteiger partial charge is 0.493 e. The number of carboxylic acids is 1. The average Bonchev–Trinajstić information content (AvgIpc) is 3.32. The second-order valence-electron chi connectivity index (χ2n) is 10.1. The number of fused-ring (bicyclic) bond motifs is 3. The van der Waals surface area contributed by atoms with E-state index in [1.165, 1.54) is 5.56 Å². The van der Waals surface area contributed by atoms with E-state index in [2.05, 4.69) is 0 Å². The molecule has 4 aromatic rings. The Morgan fingerprint density at radius 2 is 1.80 bits per heavy atom. The van der Waals surface area contributed by atoms with Crippen LogP contribution in [0.3, 0.4) is 0 Å². The van der Waals surface area contributed by atoms with Gasteiger partial charge in [0.15, 0.2) is 6.10 Å². The predicted octanol–water partition coefficient (Wildman–Crippen LogP) is 5.87. The topological polar surface area (TPSA) is 77.9 Å². The van der Waals surface area contributed by atoms with E-state index in [-0.39, 0.29) is 0 Å². The molecule has 1 aromatic heterocycles. The molecule has 0 saturated carbocycles. The van der Waals surface area contributed by atoms with E-state index in [1.807, 2.05) is 69.4 Å². The van der Waals surface area contributed by atoms with E-state index in [0.29, 0.717) is 25.2 Å². The van der Waals surface area contributed by atoms with Gasteiger partial charge in [0.1, 0.15) is 11.5 Å². The van der Waals surface area contributed by atoms with Crippen molar-refractivity contribution in [2.45, 2.75) is 45.3 Å². The molecule has 0 bridgehead atoms. The Morgan fingerprint density at radius 1 is 1.03 bits per heavy atom. The maximum atomic E-state index is 12.7. The number of carboxylic acid groups (broad SMARTS) is 1. The van der Waals surface area contributed by atoms with Gasteiger partial charge in [0.2, 0.25) is 0 Å². The molecule has 0 saturated heterocycles. The van der Waals surface area contributed by atoms with Gasteiger partial charge in [0.05, 0.1) is 24.3 Å². The molecule has 1 unspecified atom stereocenters. The van der Waals surface area contributed by atoms with Crippen LogP contribution in [0.4, 0.5) is 0 Å². The molecule has 3 heterocycles. The fraction of sp³-hybridized carbons (Fsp3) is 0.310. The third kappa shape index (κ3) is 3.51. The van der Waals surface area contributed by atoms with Crippen LogP contribution in [-0.2, 0) is 22.4 Å². The van der Waals surface area contributed by atoms with Crippen LogP contribution in [0, 0.1) is 0 Å². The van der Waals surface area contributed by atoms with Crippen molar-refractivity contribution in [2.24, 2.45) is 0 Å². The van der Waals surface area contributed by atoms with Crippen molar-refractivity contribution < 1.29 is 24.1 Å². The minimum Gasteiger partial charge on any atom is -0.493 e. The van der Waals surface area contributed by atoms with Gasteiger partial charge in [-0.25, -0.2) is 4.79 Å². The lowest BCUT2D eigenvalue weighted by molar-refractivity contribution is -0.160. The van der Waals surface area contributed by atoms with Crippen molar-refractivity contribution >= 4 is 27.6 Å². The number of hydrogen-bond donors (Lipinski definition) is 1. The summed E-state index contributed by atoms with van der Waals surface area (Å²) in [5.41, 5.74) is 4.60. The maximum Gasteiger partial charge on any atom is 0.337 e. The number of hydrogen-bond acceptors (Lipinski definition) is 5. The Kier molecular flexibility index (Phi) is 4.97. The standard InChI is InChI=1S/C29H27NO5/c1-29(2,3)35-27(28(31)32)24-20-12-15-34-26(20)18-7-5-4-6-17(18)23(24)19-8-9-21-22-16(11-14-33-21)10-13-30-25(19)22/h4-10,13,27H,11-12,14-15H2,1-3H3,(H,31,32). The number of carbonyl (C=O) groups is 1. The molecule has 35 heavy (non-hydrogen) atoms. The Morgan fingerprint density at radius 3 is 2.57 bits per heavy atom. The average molecular weight is 470 g/mol. The van der Waals surface area contributed by atoms with E-state index in [4.69, 9.17) is 19.2 Å². The Labute approximate surface area is 203 Å². The van der Waals surface area contributed by atoms with E-state index in [1.54, 1.807) is 0 Å². The molecular weight excluding hydrogens is 442 g/mol. The van der Waals surface area contributed by atoms with Crippen molar-refractivity contribution in [2.75, 3.05) is 13.2 Å². The SMILES string of the molecule is CC(C)(C)OC(C(=O)O)c1c2c(c3ccccc3c1-c1ccc3c4c(ccnc14)CCO3)OCC2. The summed E-state index contributed by atoms with van der Waals surface area (Å²) in [7, 11) is 0. The summed E-state index contributed by atoms with van der Waals surface area (Å²) in [5, 5.41) is 13.3. The van der Waals surface area contributed by atoms with E-state index >= 15 is 0 Å². The van der Waals surface area contributed by atoms with Crippen LogP contribution in [-0.4, -0.2) is 34.9 Å². The first-order valence-corrected chi connectivity index (χ1v) is 12.0. The van der Waals surface area contributed by atoms with Gasteiger partial charge in [-0.3, -0.25) is 4.98 Å². The van der Waals surface area contributed by atoms with Gasteiger partial charge in [0, 0.05) is 46.5 Å². The van der Waals surface area contributed by atoms with Crippen LogP contribution in [0.15, 0.2) is 48.7 Å². The normalized spacial score (nSPS) is 15.5. The third-order valence-corrected chi connectivity index (χ3v) is 6.70. The van der Waals surface area contributed by atoms with Gasteiger partial charge in [0.25, 0.3) is 0 Å². The molecule has 6 heteroatoms. The van der Waals surface area contributed by atoms with E-state index in [9.17, 15) is 9.90 Å². The van der Waals surface area contributed by atoms with Crippen LogP contribution < -0.4 is 9.47 Å². The van der Waals surface area contributed by atoms with Gasteiger partial charge < -0.3 is 19.3 Å². The molecule has 0 amide bonds. The summed E-state index contributed by atoms with van der Waals surface area (Å²) in [4.78, 5) is 17.5. The maximum absolute atomic E-state index is 12.7. The molecule has 2 aliphatic rings. The lowest BCUT2D eigenvalue weighted by Crippen LogP contribution is -2.28. The van der Waals surface area contributed by atoms with Gasteiger partial charge in [-0.15, -0.1) is 0 Å². The molecule has 0 radical (unpaired) electrons. The number of ether oxygens (including phenoxy) is 3. The summed E-state index contributed by atoms with van der Waals surface area (Å²) in [6.45, 7) is 6.77. The third-order valence-electron chi connectivity index (χ3n) is 6.70. The van der Waals surface area contributed by atoms with Crippen molar-refractivity contribution in [3.8, 4) is 22.6 Å². The molecule has 0 aliphatic carbocycles. The lowest BCUT2D eigenvalue weighted by Gasteiger charge is -2.29. The monoisotopic (exact) mass is 469 g/mol. The van der Waals surface area contributed by atoms with Crippen LogP contribution >= 0.6 is 0 Å². The number of pyridine rings is 1. The van der Waals surface area contributed by atoms with Crippen LogP contribution in [0.1, 0.15) is 43.6 Å². The molecular formula is C29H27NO5. The Balaban J connectivity index is 1.76. The molecule has 0 fully saturated rings. The predicted molar refractivity (Wildman–Crippen MR) is 134 cm³/mol. The van der Waals surface area contributed by atoms with Gasteiger partial charge >= 0.3 is 5.97 Å². The van der Waals surface area contributed by atoms with E-state index < -0.39 is 17.7 Å². The second-order valence-corrected chi connectivity index (χ2v) is 10.1. The highest BCUT2D eigenvalue weighted by Gasteiger charge is 2.36. The smallest absolute Gasteiger partial charge is 0.337 e. The molecule has 2 aliphatic heterocycles. The van der Waals surface area contributed by atoms with Crippen molar-refractivity contribution in [3.63, 3.8) is 0 Å². The van der Waals surface area contributed by atoms with Crippen LogP contribution in [0.2, 0.25) is 0 Å². The highest BCUT2D eigenvalue weighted by atomic mass is 16.5. The first-order chi connectivity index (χ1) is 16.8. The van der Waals surface area contributed by atoms with Crippen molar-refractivity contribution in [1.29, 1.82) is 0 Å². The number of aromatic nitrogens is 1. The highest BCUT2D eigenvalue weighted by Crippen LogP contribution is 2.49. The van der Waals surface area contributed by atoms with E-state index in [0.717, 1.165) is 56.3 Å². The fourth-order valence-electron chi connectivity index (χ4n) is 5.42. The number of aliphatic carboxylic acids is 1. The summed E-state index contributed by atoms with van der Waals surface area (Å²) in [6.07, 6.45) is 2.10. The molecule has 6 nitrogen and oxygen atoms in total. The zero-order chi connectivity index (χ0) is 24.3. The van der Waals surface area contributed by atoms with Gasteiger partial charge in [-0.05, 0) is 55.5 Å². The minimum atomic E-state index is -1.16. The zero-order valence-corrected chi connectivity index (χ0v) is 20.1. The van der Waals surface area contributed by atoms with Crippen LogP contribution in [0.25, 0.3) is 32.8 Å². The van der Waals surface area contributed by atoms with Crippen LogP contribution in [0.5, 0.6) is 11.5 Å². The van der Waals surface area contributed by atoms with Gasteiger partial charge in [-0.1, -0.05) is 24.3 Å². The number of rotatable bonds is 4. The molecule has 3 aromatic carbocycles. The Hall–Kier alpha value is -3.64.